The van der Waals surface area contributed by atoms with Gasteiger partial charge in [0.25, 0.3) is 5.69 Å². The van der Waals surface area contributed by atoms with Gasteiger partial charge >= 0.3 is 6.09 Å². The number of ether oxygens (including phenoxy) is 1. The minimum absolute atomic E-state index is 0.0313. The molecule has 0 aromatic heterocycles. The molecule has 0 saturated carbocycles. The lowest BCUT2D eigenvalue weighted by atomic mass is 10.3. The van der Waals surface area contributed by atoms with Gasteiger partial charge in [-0.3, -0.25) is 10.1 Å². The first-order valence-electron chi connectivity index (χ1n) is 5.98. The van der Waals surface area contributed by atoms with Gasteiger partial charge in [-0.25, -0.2) is 4.79 Å². The van der Waals surface area contributed by atoms with Crippen LogP contribution in [0.1, 0.15) is 6.42 Å². The number of nitrogens with zero attached hydrogens (tertiary/aromatic N) is 2. The molecule has 1 atom stereocenters. The number of rotatable bonds is 3. The molecule has 1 aromatic rings. The number of likely N-dealkylation sites (N-methyl/N-ethyl adjacent to an activating group) is 1. The molecule has 1 aromatic carbocycles. The lowest BCUT2D eigenvalue weighted by Gasteiger charge is -2.15. The number of carbonyl (C=O) groups is 1. The van der Waals surface area contributed by atoms with E-state index in [-0.39, 0.29) is 5.69 Å². The lowest BCUT2D eigenvalue weighted by molar-refractivity contribution is -0.384. The fourth-order valence-corrected chi connectivity index (χ4v) is 1.96. The third-order valence-corrected chi connectivity index (χ3v) is 3.11. The topological polar surface area (TPSA) is 84.7 Å². The maximum Gasteiger partial charge on any atom is 0.415 e. The van der Waals surface area contributed by atoms with Gasteiger partial charge in [-0.1, -0.05) is 0 Å². The van der Waals surface area contributed by atoms with Crippen molar-refractivity contribution in [3.8, 4) is 5.75 Å². The van der Waals surface area contributed by atoms with Crippen LogP contribution in [0.5, 0.6) is 5.75 Å². The fourth-order valence-electron chi connectivity index (χ4n) is 1.96. The number of likely N-dealkylation sites (tertiary alicyclic amines) is 1. The zero-order chi connectivity index (χ0) is 13.8. The van der Waals surface area contributed by atoms with Gasteiger partial charge in [0.1, 0.15) is 5.75 Å². The van der Waals surface area contributed by atoms with Gasteiger partial charge in [-0.05, 0) is 25.6 Å². The predicted molar refractivity (Wildman–Crippen MR) is 68.2 cm³/mol. The number of nitrogens with one attached hydrogen (secondary N) is 1. The van der Waals surface area contributed by atoms with Crippen LogP contribution in [0.3, 0.4) is 0 Å². The largest absolute Gasteiger partial charge is 0.415 e. The van der Waals surface area contributed by atoms with Gasteiger partial charge in [-0.15, -0.1) is 0 Å². The molecule has 1 aliphatic rings. The first-order valence-corrected chi connectivity index (χ1v) is 5.98. The molecule has 1 amide bonds. The van der Waals surface area contributed by atoms with Crippen molar-refractivity contribution in [2.24, 2.45) is 0 Å². The summed E-state index contributed by atoms with van der Waals surface area (Å²) in [5.41, 5.74) is -0.0313. The number of nitro groups is 1. The maximum absolute atomic E-state index is 11.8. The van der Waals surface area contributed by atoms with E-state index in [2.05, 4.69) is 5.32 Å². The van der Waals surface area contributed by atoms with Crippen LogP contribution in [0, 0.1) is 10.1 Å². The number of benzene rings is 1. The SMILES string of the molecule is CNC1CCN(C(=O)Oc2ccc([N+](=O)[O-])cc2)C1. The normalized spacial score (nSPS) is 18.4. The minimum atomic E-state index is -0.496. The summed E-state index contributed by atoms with van der Waals surface area (Å²) in [6, 6.07) is 5.75. The Hall–Kier alpha value is -2.15. The summed E-state index contributed by atoms with van der Waals surface area (Å²) in [6.45, 7) is 1.26. The molecule has 1 heterocycles. The van der Waals surface area contributed by atoms with Gasteiger partial charge in [0.2, 0.25) is 0 Å². The van der Waals surface area contributed by atoms with Gasteiger partial charge < -0.3 is 15.0 Å². The Balaban J connectivity index is 1.94. The molecule has 0 spiro atoms. The van der Waals surface area contributed by atoms with Gasteiger partial charge in [0.15, 0.2) is 0 Å². The summed E-state index contributed by atoms with van der Waals surface area (Å²) in [5.74, 6) is 0.309. The van der Waals surface area contributed by atoms with Gasteiger partial charge in [-0.2, -0.15) is 0 Å². The van der Waals surface area contributed by atoms with Crippen LogP contribution in [0.15, 0.2) is 24.3 Å². The molecule has 7 nitrogen and oxygen atoms in total. The van der Waals surface area contributed by atoms with E-state index >= 15 is 0 Å². The average molecular weight is 265 g/mol. The molecule has 1 unspecified atom stereocenters. The molecule has 0 radical (unpaired) electrons. The molecule has 102 valence electrons. The van der Waals surface area contributed by atoms with Gasteiger partial charge in [0, 0.05) is 31.3 Å². The number of nitro benzene ring substituents is 1. The van der Waals surface area contributed by atoms with E-state index in [9.17, 15) is 14.9 Å². The van der Waals surface area contributed by atoms with E-state index in [1.54, 1.807) is 4.90 Å². The molecule has 2 rings (SSSR count). The third-order valence-electron chi connectivity index (χ3n) is 3.11. The third kappa shape index (κ3) is 3.19. The Morgan fingerprint density at radius 2 is 2.16 bits per heavy atom. The van der Waals surface area contributed by atoms with Crippen molar-refractivity contribution in [3.63, 3.8) is 0 Å². The van der Waals surface area contributed by atoms with E-state index in [1.807, 2.05) is 7.05 Å². The number of non-ortho nitro benzene ring substituents is 1. The Kier molecular flexibility index (Phi) is 3.96. The Bertz CT molecular complexity index is 474. The molecule has 1 N–H and O–H groups in total. The van der Waals surface area contributed by atoms with Crippen molar-refractivity contribution in [1.29, 1.82) is 0 Å². The second-order valence-corrected chi connectivity index (χ2v) is 4.34. The fraction of sp³-hybridized carbons (Fsp3) is 0.417. The molecule has 1 fully saturated rings. The van der Waals surface area contributed by atoms with Crippen LogP contribution in [0.2, 0.25) is 0 Å². The molecule has 1 saturated heterocycles. The van der Waals surface area contributed by atoms with Crippen molar-refractivity contribution >= 4 is 11.8 Å². The number of carbonyl (C=O) groups excluding carboxylic acids is 1. The Morgan fingerprint density at radius 1 is 1.47 bits per heavy atom. The monoisotopic (exact) mass is 265 g/mol. The minimum Gasteiger partial charge on any atom is -0.410 e. The predicted octanol–water partition coefficient (Wildman–Crippen LogP) is 1.39. The summed E-state index contributed by atoms with van der Waals surface area (Å²) in [4.78, 5) is 23.4. The van der Waals surface area contributed by atoms with Crippen LogP contribution in [0.25, 0.3) is 0 Å². The highest BCUT2D eigenvalue weighted by molar-refractivity contribution is 5.71. The van der Waals surface area contributed by atoms with Crippen molar-refractivity contribution in [1.82, 2.24) is 10.2 Å². The van der Waals surface area contributed by atoms with E-state index in [0.29, 0.717) is 24.9 Å². The molecule has 0 bridgehead atoms. The highest BCUT2D eigenvalue weighted by atomic mass is 16.6. The van der Waals surface area contributed by atoms with Crippen LogP contribution in [-0.4, -0.2) is 42.1 Å². The van der Waals surface area contributed by atoms with Crippen molar-refractivity contribution in [2.45, 2.75) is 12.5 Å². The van der Waals surface area contributed by atoms with E-state index < -0.39 is 11.0 Å². The number of hydrogen-bond donors (Lipinski definition) is 1. The van der Waals surface area contributed by atoms with E-state index in [4.69, 9.17) is 4.74 Å². The van der Waals surface area contributed by atoms with E-state index in [0.717, 1.165) is 6.42 Å². The molecule has 1 aliphatic heterocycles. The zero-order valence-corrected chi connectivity index (χ0v) is 10.5. The maximum atomic E-state index is 11.8. The Labute approximate surface area is 110 Å². The van der Waals surface area contributed by atoms with Crippen LogP contribution < -0.4 is 10.1 Å². The molecule has 0 aliphatic carbocycles. The summed E-state index contributed by atoms with van der Waals surface area (Å²) >= 11 is 0. The highest BCUT2D eigenvalue weighted by Crippen LogP contribution is 2.19. The summed E-state index contributed by atoms with van der Waals surface area (Å²) < 4.78 is 5.16. The van der Waals surface area contributed by atoms with E-state index in [1.165, 1.54) is 24.3 Å². The zero-order valence-electron chi connectivity index (χ0n) is 10.5. The first kappa shape index (κ1) is 13.3. The second-order valence-electron chi connectivity index (χ2n) is 4.34. The first-order chi connectivity index (χ1) is 9.10. The standard InChI is InChI=1S/C12H15N3O4/c1-13-9-6-7-14(8-9)12(16)19-11-4-2-10(3-5-11)15(17)18/h2-5,9,13H,6-8H2,1H3. The molecular weight excluding hydrogens is 250 g/mol. The van der Waals surface area contributed by atoms with Crippen LogP contribution in [0.4, 0.5) is 10.5 Å². The summed E-state index contributed by atoms with van der Waals surface area (Å²) in [6.07, 6.45) is 0.470. The number of hydrogen-bond acceptors (Lipinski definition) is 5. The molecule has 19 heavy (non-hydrogen) atoms. The highest BCUT2D eigenvalue weighted by Gasteiger charge is 2.26. The van der Waals surface area contributed by atoms with Crippen molar-refractivity contribution in [3.05, 3.63) is 34.4 Å². The van der Waals surface area contributed by atoms with Crippen molar-refractivity contribution < 1.29 is 14.5 Å². The van der Waals surface area contributed by atoms with Crippen LogP contribution >= 0.6 is 0 Å². The summed E-state index contributed by atoms with van der Waals surface area (Å²) in [5, 5.41) is 13.6. The summed E-state index contributed by atoms with van der Waals surface area (Å²) in [7, 11) is 1.86. The smallest absolute Gasteiger partial charge is 0.410 e. The Morgan fingerprint density at radius 3 is 2.68 bits per heavy atom. The van der Waals surface area contributed by atoms with Crippen molar-refractivity contribution in [2.75, 3.05) is 20.1 Å². The average Bonchev–Trinajstić information content (AvgIpc) is 2.88. The second kappa shape index (κ2) is 5.66. The number of amides is 1. The lowest BCUT2D eigenvalue weighted by Crippen LogP contribution is -2.35. The van der Waals surface area contributed by atoms with Gasteiger partial charge in [0.05, 0.1) is 4.92 Å². The molecule has 7 heteroatoms. The van der Waals surface area contributed by atoms with Crippen LogP contribution in [-0.2, 0) is 0 Å². The quantitative estimate of drug-likeness (QED) is 0.659. The molecular formula is C12H15N3O4.